The molecule has 0 saturated carbocycles. The van der Waals surface area contributed by atoms with Crippen LogP contribution < -0.4 is 0 Å². The molecule has 0 bridgehead atoms. The number of hydrogen-bond acceptors (Lipinski definition) is 3. The molecule has 1 atom stereocenters. The minimum atomic E-state index is -2.88. The standard InChI is InChI=1S/C3H6FO3P/c1-2-3-6-8(5)7-4/h2,8H,1,3H2. The van der Waals surface area contributed by atoms with Crippen LogP contribution >= 0.6 is 8.25 Å². The van der Waals surface area contributed by atoms with E-state index in [1.807, 2.05) is 0 Å². The molecule has 1 unspecified atom stereocenters. The van der Waals surface area contributed by atoms with Gasteiger partial charge < -0.3 is 4.52 Å². The highest BCUT2D eigenvalue weighted by Crippen LogP contribution is 2.22. The summed E-state index contributed by atoms with van der Waals surface area (Å²) in [5.74, 6) is 0. The van der Waals surface area contributed by atoms with E-state index in [9.17, 15) is 9.09 Å². The predicted octanol–water partition coefficient (Wildman–Crippen LogP) is 1.48. The molecule has 0 aliphatic heterocycles. The molecule has 0 spiro atoms. The Bertz CT molecular complexity index is 94.5. The first-order valence-electron chi connectivity index (χ1n) is 1.87. The molecule has 0 amide bonds. The van der Waals surface area contributed by atoms with Gasteiger partial charge in [-0.05, 0) is 4.53 Å². The normalized spacial score (nSPS) is 13.1. The third-order valence-electron chi connectivity index (χ3n) is 0.382. The van der Waals surface area contributed by atoms with E-state index in [0.717, 1.165) is 0 Å². The Morgan fingerprint density at radius 2 is 2.50 bits per heavy atom. The summed E-state index contributed by atoms with van der Waals surface area (Å²) >= 11 is 0. The van der Waals surface area contributed by atoms with Crippen molar-refractivity contribution in [2.45, 2.75) is 0 Å². The number of rotatable bonds is 4. The Morgan fingerprint density at radius 1 is 1.88 bits per heavy atom. The Morgan fingerprint density at radius 3 is 2.88 bits per heavy atom. The lowest BCUT2D eigenvalue weighted by molar-refractivity contribution is -0.0144. The van der Waals surface area contributed by atoms with Gasteiger partial charge in [0.15, 0.2) is 0 Å². The molecular formula is C3H6FO3P. The van der Waals surface area contributed by atoms with Crippen molar-refractivity contribution in [3.8, 4) is 0 Å². The second kappa shape index (κ2) is 4.97. The van der Waals surface area contributed by atoms with E-state index in [1.54, 1.807) is 0 Å². The van der Waals surface area contributed by atoms with Crippen molar-refractivity contribution in [1.82, 2.24) is 0 Å². The highest BCUT2D eigenvalue weighted by molar-refractivity contribution is 7.33. The molecule has 0 aliphatic rings. The zero-order valence-electron chi connectivity index (χ0n) is 4.09. The Hall–Kier alpha value is -0.180. The SMILES string of the molecule is C=CCO[PH](=O)OF. The molecule has 0 aromatic carbocycles. The van der Waals surface area contributed by atoms with Crippen LogP contribution in [0.3, 0.4) is 0 Å². The Labute approximate surface area is 47.0 Å². The van der Waals surface area contributed by atoms with Gasteiger partial charge >= 0.3 is 8.25 Å². The van der Waals surface area contributed by atoms with Crippen molar-refractivity contribution in [1.29, 1.82) is 0 Å². The summed E-state index contributed by atoms with van der Waals surface area (Å²) in [5, 5.41) is 0. The van der Waals surface area contributed by atoms with Crippen molar-refractivity contribution in [2.75, 3.05) is 6.61 Å². The molecule has 0 fully saturated rings. The van der Waals surface area contributed by atoms with Gasteiger partial charge in [-0.3, -0.25) is 4.57 Å². The monoisotopic (exact) mass is 140 g/mol. The zero-order valence-corrected chi connectivity index (χ0v) is 5.09. The minimum absolute atomic E-state index is 0.0434. The first-order valence-corrected chi connectivity index (χ1v) is 3.10. The van der Waals surface area contributed by atoms with Gasteiger partial charge in [0.25, 0.3) is 0 Å². The fraction of sp³-hybridized carbons (Fsp3) is 0.333. The molecule has 0 N–H and O–H groups in total. The van der Waals surface area contributed by atoms with Gasteiger partial charge in [-0.1, -0.05) is 6.08 Å². The van der Waals surface area contributed by atoms with E-state index >= 15 is 0 Å². The highest BCUT2D eigenvalue weighted by Gasteiger charge is 1.93. The fourth-order valence-corrected chi connectivity index (χ4v) is 0.448. The van der Waals surface area contributed by atoms with Crippen LogP contribution in [0.4, 0.5) is 4.53 Å². The van der Waals surface area contributed by atoms with Crippen LogP contribution in [0.1, 0.15) is 0 Å². The summed E-state index contributed by atoms with van der Waals surface area (Å²) in [7, 11) is -2.88. The van der Waals surface area contributed by atoms with E-state index in [0.29, 0.717) is 0 Å². The van der Waals surface area contributed by atoms with Gasteiger partial charge in [-0.2, -0.15) is 0 Å². The van der Waals surface area contributed by atoms with Crippen molar-refractivity contribution < 1.29 is 18.3 Å². The van der Waals surface area contributed by atoms with Crippen LogP contribution in [0.2, 0.25) is 0 Å². The van der Waals surface area contributed by atoms with Crippen LogP contribution in [-0.2, 0) is 13.8 Å². The molecule has 0 rings (SSSR count). The summed E-state index contributed by atoms with van der Waals surface area (Å²) in [6.45, 7) is 3.28. The lowest BCUT2D eigenvalue weighted by Gasteiger charge is -1.91. The summed E-state index contributed by atoms with van der Waals surface area (Å²) in [4.78, 5) is 0. The van der Waals surface area contributed by atoms with Gasteiger partial charge in [0.05, 0.1) is 6.61 Å². The average molecular weight is 140 g/mol. The highest BCUT2D eigenvalue weighted by atomic mass is 31.1. The Balaban J connectivity index is 3.11. The first kappa shape index (κ1) is 7.82. The minimum Gasteiger partial charge on any atom is -0.305 e. The first-order chi connectivity index (χ1) is 3.81. The maximum atomic E-state index is 10.8. The molecule has 48 valence electrons. The molecule has 0 aromatic rings. The maximum absolute atomic E-state index is 10.8. The van der Waals surface area contributed by atoms with E-state index in [4.69, 9.17) is 0 Å². The quantitative estimate of drug-likeness (QED) is 0.438. The molecule has 8 heavy (non-hydrogen) atoms. The van der Waals surface area contributed by atoms with E-state index < -0.39 is 8.25 Å². The summed E-state index contributed by atoms with van der Waals surface area (Å²) in [5.41, 5.74) is 0. The number of hydrogen-bond donors (Lipinski definition) is 0. The van der Waals surface area contributed by atoms with Crippen molar-refractivity contribution in [3.63, 3.8) is 0 Å². The second-order valence-electron chi connectivity index (χ2n) is 0.927. The summed E-state index contributed by atoms with van der Waals surface area (Å²) < 4.78 is 27.7. The van der Waals surface area contributed by atoms with Gasteiger partial charge in [0, 0.05) is 0 Å². The largest absolute Gasteiger partial charge is 0.352 e. The third kappa shape index (κ3) is 3.99. The van der Waals surface area contributed by atoms with E-state index in [2.05, 4.69) is 15.8 Å². The van der Waals surface area contributed by atoms with Gasteiger partial charge in [-0.25, -0.2) is 0 Å². The molecule has 3 nitrogen and oxygen atoms in total. The smallest absolute Gasteiger partial charge is 0.305 e. The van der Waals surface area contributed by atoms with Crippen LogP contribution in [0.5, 0.6) is 0 Å². The Kier molecular flexibility index (Phi) is 4.85. The number of halogens is 1. The van der Waals surface area contributed by atoms with Crippen LogP contribution in [0.25, 0.3) is 0 Å². The van der Waals surface area contributed by atoms with Gasteiger partial charge in [-0.15, -0.1) is 11.3 Å². The van der Waals surface area contributed by atoms with Gasteiger partial charge in [0.1, 0.15) is 0 Å². The molecule has 0 radical (unpaired) electrons. The molecule has 0 aromatic heterocycles. The van der Waals surface area contributed by atoms with Crippen molar-refractivity contribution in [3.05, 3.63) is 12.7 Å². The average Bonchev–Trinajstić information content (AvgIpc) is 1.83. The lowest BCUT2D eigenvalue weighted by atomic mass is 10.7. The van der Waals surface area contributed by atoms with Gasteiger partial charge in [0.2, 0.25) is 0 Å². The fourth-order valence-electron chi connectivity index (χ4n) is 0.149. The molecule has 0 saturated heterocycles. The molecular weight excluding hydrogens is 134 g/mol. The third-order valence-corrected chi connectivity index (χ3v) is 0.910. The zero-order chi connectivity index (χ0) is 6.41. The topological polar surface area (TPSA) is 35.5 Å². The maximum Gasteiger partial charge on any atom is 0.352 e. The van der Waals surface area contributed by atoms with Crippen LogP contribution in [0.15, 0.2) is 12.7 Å². The molecule has 5 heteroatoms. The lowest BCUT2D eigenvalue weighted by Crippen LogP contribution is -1.77. The summed E-state index contributed by atoms with van der Waals surface area (Å²) in [6.07, 6.45) is 1.35. The van der Waals surface area contributed by atoms with Crippen LogP contribution in [-0.4, -0.2) is 6.61 Å². The van der Waals surface area contributed by atoms with E-state index in [1.165, 1.54) is 6.08 Å². The second-order valence-corrected chi connectivity index (χ2v) is 1.87. The van der Waals surface area contributed by atoms with Crippen molar-refractivity contribution in [2.24, 2.45) is 0 Å². The summed E-state index contributed by atoms with van der Waals surface area (Å²) in [6, 6.07) is 0. The van der Waals surface area contributed by atoms with Crippen molar-refractivity contribution >= 4 is 8.25 Å². The molecule has 0 aliphatic carbocycles. The van der Waals surface area contributed by atoms with Crippen LogP contribution in [0, 0.1) is 0 Å². The van der Waals surface area contributed by atoms with E-state index in [-0.39, 0.29) is 6.61 Å². The molecule has 0 heterocycles. The predicted molar refractivity (Wildman–Crippen MR) is 27.3 cm³/mol.